The summed E-state index contributed by atoms with van der Waals surface area (Å²) < 4.78 is 0. The highest BCUT2D eigenvalue weighted by atomic mass is 127. The summed E-state index contributed by atoms with van der Waals surface area (Å²) >= 11 is 1.77. The molecule has 2 heterocycles. The number of thiazole rings is 1. The fourth-order valence-corrected chi connectivity index (χ4v) is 6.18. The molecular weight excluding hydrogens is 537 g/mol. The van der Waals surface area contributed by atoms with E-state index in [4.69, 9.17) is 0 Å². The number of nitrogens with one attached hydrogen (secondary N) is 2. The zero-order valence-corrected chi connectivity index (χ0v) is 22.2. The Hall–Kier alpha value is -1.49. The summed E-state index contributed by atoms with van der Waals surface area (Å²) in [5, 5.41) is 7.78. The minimum absolute atomic E-state index is 0. The number of nitrogens with zero attached hydrogens (tertiary/aromatic N) is 3. The van der Waals surface area contributed by atoms with Crippen LogP contribution in [-0.2, 0) is 22.4 Å². The number of hydrogen-bond donors (Lipinski definition) is 2. The second-order valence-corrected chi connectivity index (χ2v) is 9.87. The summed E-state index contributed by atoms with van der Waals surface area (Å²) in [6.45, 7) is 8.89. The van der Waals surface area contributed by atoms with Crippen molar-refractivity contribution in [3.8, 4) is 0 Å². The molecule has 176 valence electrons. The molecule has 2 bridgehead atoms. The summed E-state index contributed by atoms with van der Waals surface area (Å²) in [6, 6.07) is 0. The SMILES string of the molecule is CCNC(=NCCCN1C(=O)C2C3C=CC(C3)C2C1=O)NCCc1nc(CC)c(C)s1.I. The van der Waals surface area contributed by atoms with Crippen LogP contribution in [0.1, 0.15) is 42.3 Å². The maximum atomic E-state index is 12.7. The minimum Gasteiger partial charge on any atom is -0.357 e. The van der Waals surface area contributed by atoms with E-state index in [1.54, 1.807) is 11.3 Å². The quantitative estimate of drug-likeness (QED) is 0.119. The van der Waals surface area contributed by atoms with E-state index >= 15 is 0 Å². The van der Waals surface area contributed by atoms with Gasteiger partial charge in [-0.25, -0.2) is 4.98 Å². The molecule has 2 fully saturated rings. The van der Waals surface area contributed by atoms with Gasteiger partial charge >= 0.3 is 0 Å². The summed E-state index contributed by atoms with van der Waals surface area (Å²) in [4.78, 5) is 37.6. The molecule has 0 spiro atoms. The molecule has 4 unspecified atom stereocenters. The zero-order chi connectivity index (χ0) is 22.0. The summed E-state index contributed by atoms with van der Waals surface area (Å²) in [5.74, 6) is 1.17. The first-order valence-electron chi connectivity index (χ1n) is 11.5. The van der Waals surface area contributed by atoms with Crippen molar-refractivity contribution in [2.75, 3.05) is 26.2 Å². The molecule has 1 aromatic rings. The first kappa shape index (κ1) is 25.1. The molecule has 4 atom stereocenters. The number of amides is 2. The largest absolute Gasteiger partial charge is 0.357 e. The fourth-order valence-electron chi connectivity index (χ4n) is 5.16. The fraction of sp³-hybridized carbons (Fsp3) is 0.652. The van der Waals surface area contributed by atoms with Gasteiger partial charge in [0, 0.05) is 37.5 Å². The Balaban J connectivity index is 0.00000289. The maximum absolute atomic E-state index is 12.7. The molecule has 9 heteroatoms. The first-order valence-corrected chi connectivity index (χ1v) is 12.4. The van der Waals surface area contributed by atoms with Crippen molar-refractivity contribution in [2.45, 2.75) is 46.5 Å². The Morgan fingerprint density at radius 2 is 1.88 bits per heavy atom. The average Bonchev–Trinajstić information content (AvgIpc) is 3.50. The van der Waals surface area contributed by atoms with Gasteiger partial charge in [0.05, 0.1) is 22.5 Å². The second kappa shape index (κ2) is 11.1. The average molecular weight is 572 g/mol. The first-order chi connectivity index (χ1) is 15.0. The van der Waals surface area contributed by atoms with E-state index in [-0.39, 0.29) is 59.5 Å². The molecule has 1 aliphatic heterocycles. The van der Waals surface area contributed by atoms with Gasteiger partial charge in [-0.15, -0.1) is 35.3 Å². The molecule has 2 amide bonds. The van der Waals surface area contributed by atoms with Crippen molar-refractivity contribution in [2.24, 2.45) is 28.7 Å². The third-order valence-electron chi connectivity index (χ3n) is 6.62. The Labute approximate surface area is 211 Å². The van der Waals surface area contributed by atoms with Crippen LogP contribution in [0, 0.1) is 30.6 Å². The second-order valence-electron chi connectivity index (χ2n) is 8.58. The lowest BCUT2D eigenvalue weighted by atomic mass is 9.85. The number of guanidine groups is 1. The number of aliphatic imine (C=N–C) groups is 1. The lowest BCUT2D eigenvalue weighted by Crippen LogP contribution is -2.38. The van der Waals surface area contributed by atoms with Gasteiger partial charge in [-0.2, -0.15) is 0 Å². The monoisotopic (exact) mass is 571 g/mol. The van der Waals surface area contributed by atoms with E-state index in [0.29, 0.717) is 19.5 Å². The van der Waals surface area contributed by atoms with Gasteiger partial charge < -0.3 is 10.6 Å². The van der Waals surface area contributed by atoms with Crippen LogP contribution in [0.4, 0.5) is 0 Å². The molecule has 3 aliphatic rings. The van der Waals surface area contributed by atoms with Crippen LogP contribution in [0.3, 0.4) is 0 Å². The number of likely N-dealkylation sites (tertiary alicyclic amines) is 1. The Kier molecular flexibility index (Phi) is 8.71. The zero-order valence-electron chi connectivity index (χ0n) is 19.1. The molecule has 0 aromatic carbocycles. The van der Waals surface area contributed by atoms with E-state index < -0.39 is 0 Å². The van der Waals surface area contributed by atoms with Crippen molar-refractivity contribution in [1.82, 2.24) is 20.5 Å². The van der Waals surface area contributed by atoms with E-state index in [2.05, 4.69) is 46.6 Å². The highest BCUT2D eigenvalue weighted by molar-refractivity contribution is 14.0. The summed E-state index contributed by atoms with van der Waals surface area (Å²) in [6.07, 6.45) is 7.77. The normalized spacial score (nSPS) is 26.0. The number of allylic oxidation sites excluding steroid dienone is 2. The molecule has 4 rings (SSSR count). The Morgan fingerprint density at radius 3 is 2.47 bits per heavy atom. The van der Waals surface area contributed by atoms with Crippen LogP contribution in [0.5, 0.6) is 0 Å². The van der Waals surface area contributed by atoms with Crippen LogP contribution in [-0.4, -0.2) is 53.8 Å². The number of halogens is 1. The molecule has 1 saturated carbocycles. The summed E-state index contributed by atoms with van der Waals surface area (Å²) in [7, 11) is 0. The number of aryl methyl sites for hydroxylation is 2. The molecule has 0 radical (unpaired) electrons. The van der Waals surface area contributed by atoms with Gasteiger partial charge in [0.2, 0.25) is 11.8 Å². The van der Waals surface area contributed by atoms with Crippen LogP contribution >= 0.6 is 35.3 Å². The number of carbonyl (C=O) groups is 2. The molecule has 1 saturated heterocycles. The van der Waals surface area contributed by atoms with E-state index in [0.717, 1.165) is 43.3 Å². The van der Waals surface area contributed by atoms with Crippen molar-refractivity contribution < 1.29 is 9.59 Å². The van der Waals surface area contributed by atoms with Gasteiger partial charge in [-0.1, -0.05) is 19.1 Å². The Morgan fingerprint density at radius 1 is 1.19 bits per heavy atom. The van der Waals surface area contributed by atoms with Gasteiger partial charge in [0.15, 0.2) is 5.96 Å². The van der Waals surface area contributed by atoms with Crippen molar-refractivity contribution in [1.29, 1.82) is 0 Å². The van der Waals surface area contributed by atoms with Crippen LogP contribution in [0.15, 0.2) is 17.1 Å². The van der Waals surface area contributed by atoms with E-state index in [1.165, 1.54) is 15.5 Å². The molecule has 1 aromatic heterocycles. The standard InChI is InChI=1S/C23H33N5O2S.HI/c1-4-17-14(3)31-18(27-17)9-11-26-23(24-5-2)25-10-6-12-28-21(29)19-15-7-8-16(13-15)20(19)22(28)30;/h7-8,15-16,19-20H,4-6,9-13H2,1-3H3,(H2,24,25,26);1H. The van der Waals surface area contributed by atoms with E-state index in [9.17, 15) is 9.59 Å². The highest BCUT2D eigenvalue weighted by Gasteiger charge is 2.58. The van der Waals surface area contributed by atoms with Crippen molar-refractivity contribution >= 4 is 53.1 Å². The van der Waals surface area contributed by atoms with Crippen LogP contribution in [0.25, 0.3) is 0 Å². The van der Waals surface area contributed by atoms with E-state index in [1.807, 2.05) is 6.92 Å². The minimum atomic E-state index is -0.104. The third kappa shape index (κ3) is 5.03. The Bertz CT molecular complexity index is 869. The number of hydrogen-bond acceptors (Lipinski definition) is 5. The predicted molar refractivity (Wildman–Crippen MR) is 138 cm³/mol. The summed E-state index contributed by atoms with van der Waals surface area (Å²) in [5.41, 5.74) is 1.19. The molecule has 2 N–H and O–H groups in total. The lowest BCUT2D eigenvalue weighted by Gasteiger charge is -2.16. The van der Waals surface area contributed by atoms with Gasteiger partial charge in [-0.05, 0) is 44.9 Å². The van der Waals surface area contributed by atoms with Gasteiger partial charge in [0.1, 0.15) is 0 Å². The molecular formula is C23H34IN5O2S. The predicted octanol–water partition coefficient (Wildman–Crippen LogP) is 2.93. The number of fused-ring (bicyclic) bond motifs is 5. The van der Waals surface area contributed by atoms with Crippen LogP contribution < -0.4 is 10.6 Å². The van der Waals surface area contributed by atoms with Crippen LogP contribution in [0.2, 0.25) is 0 Å². The molecule has 2 aliphatic carbocycles. The molecule has 32 heavy (non-hydrogen) atoms. The highest BCUT2D eigenvalue weighted by Crippen LogP contribution is 2.52. The lowest BCUT2D eigenvalue weighted by molar-refractivity contribution is -0.140. The van der Waals surface area contributed by atoms with Crippen molar-refractivity contribution in [3.63, 3.8) is 0 Å². The smallest absolute Gasteiger partial charge is 0.233 e. The van der Waals surface area contributed by atoms with Gasteiger partial charge in [0.25, 0.3) is 0 Å². The topological polar surface area (TPSA) is 86.7 Å². The number of aromatic nitrogens is 1. The number of imide groups is 1. The van der Waals surface area contributed by atoms with Gasteiger partial charge in [-0.3, -0.25) is 19.5 Å². The third-order valence-corrected chi connectivity index (χ3v) is 7.69. The number of rotatable bonds is 9. The molecule has 7 nitrogen and oxygen atoms in total. The number of carbonyl (C=O) groups excluding carboxylic acids is 2. The maximum Gasteiger partial charge on any atom is 0.233 e. The van der Waals surface area contributed by atoms with Crippen molar-refractivity contribution in [3.05, 3.63) is 27.7 Å².